The number of amides is 2. The first-order chi connectivity index (χ1) is 6.20. The molecule has 1 rings (SSSR count). The molecule has 1 fully saturated rings. The lowest BCUT2D eigenvalue weighted by molar-refractivity contribution is 0.181. The highest BCUT2D eigenvalue weighted by Gasteiger charge is 2.29. The minimum atomic E-state index is 0.185. The van der Waals surface area contributed by atoms with Crippen LogP contribution in [-0.2, 0) is 0 Å². The Labute approximate surface area is 79.9 Å². The fourth-order valence-electron chi connectivity index (χ4n) is 1.71. The van der Waals surface area contributed by atoms with Gasteiger partial charge in [-0.1, -0.05) is 0 Å². The molecule has 2 amide bonds. The molecule has 76 valence electrons. The number of carbonyl (C=O) groups excluding carboxylic acids is 1. The molecule has 0 aromatic carbocycles. The van der Waals surface area contributed by atoms with Gasteiger partial charge in [0.1, 0.15) is 0 Å². The second kappa shape index (κ2) is 4.46. The van der Waals surface area contributed by atoms with E-state index in [1.54, 1.807) is 0 Å². The van der Waals surface area contributed by atoms with Crippen LogP contribution in [0.5, 0.6) is 0 Å². The first-order valence-corrected chi connectivity index (χ1v) is 4.90. The Morgan fingerprint density at radius 2 is 2.23 bits per heavy atom. The van der Waals surface area contributed by atoms with Crippen molar-refractivity contribution < 1.29 is 4.79 Å². The van der Waals surface area contributed by atoms with Gasteiger partial charge in [0.05, 0.1) is 0 Å². The van der Waals surface area contributed by atoms with E-state index in [9.17, 15) is 4.79 Å². The molecule has 4 nitrogen and oxygen atoms in total. The first kappa shape index (κ1) is 10.3. The van der Waals surface area contributed by atoms with E-state index in [0.717, 1.165) is 26.2 Å². The molecule has 0 aliphatic carbocycles. The van der Waals surface area contributed by atoms with Crippen molar-refractivity contribution in [2.45, 2.75) is 19.9 Å². The van der Waals surface area contributed by atoms with Gasteiger partial charge in [0, 0.05) is 32.2 Å². The second-order valence-electron chi connectivity index (χ2n) is 3.46. The standard InChI is InChI=1S/C9H19N3O/c1-4-11-5-6-12(9(11)13)8(2)7-10-3/h8,10H,4-7H2,1-3H3. The summed E-state index contributed by atoms with van der Waals surface area (Å²) in [6, 6.07) is 0.485. The highest BCUT2D eigenvalue weighted by atomic mass is 16.2. The van der Waals surface area contributed by atoms with Gasteiger partial charge in [0.2, 0.25) is 0 Å². The van der Waals surface area contributed by atoms with Crippen molar-refractivity contribution in [1.82, 2.24) is 15.1 Å². The van der Waals surface area contributed by atoms with Gasteiger partial charge in [0.15, 0.2) is 0 Å². The summed E-state index contributed by atoms with van der Waals surface area (Å²) in [6.07, 6.45) is 0. The van der Waals surface area contributed by atoms with Crippen molar-refractivity contribution in [2.75, 3.05) is 33.2 Å². The zero-order chi connectivity index (χ0) is 9.84. The predicted molar refractivity (Wildman–Crippen MR) is 52.7 cm³/mol. The molecule has 1 N–H and O–H groups in total. The van der Waals surface area contributed by atoms with E-state index < -0.39 is 0 Å². The zero-order valence-electron chi connectivity index (χ0n) is 8.71. The molecule has 1 aliphatic rings. The minimum absolute atomic E-state index is 0.185. The Morgan fingerprint density at radius 1 is 1.54 bits per heavy atom. The smallest absolute Gasteiger partial charge is 0.320 e. The molecule has 1 unspecified atom stereocenters. The van der Waals surface area contributed by atoms with Crippen molar-refractivity contribution in [3.8, 4) is 0 Å². The number of nitrogens with zero attached hydrogens (tertiary/aromatic N) is 2. The van der Waals surface area contributed by atoms with E-state index >= 15 is 0 Å². The van der Waals surface area contributed by atoms with E-state index in [0.29, 0.717) is 6.04 Å². The van der Waals surface area contributed by atoms with Crippen molar-refractivity contribution >= 4 is 6.03 Å². The van der Waals surface area contributed by atoms with Crippen LogP contribution in [0.4, 0.5) is 4.79 Å². The van der Waals surface area contributed by atoms with Crippen LogP contribution in [0, 0.1) is 0 Å². The van der Waals surface area contributed by atoms with Crippen molar-refractivity contribution in [1.29, 1.82) is 0 Å². The molecule has 4 heteroatoms. The lowest BCUT2D eigenvalue weighted by Gasteiger charge is -2.24. The number of hydrogen-bond acceptors (Lipinski definition) is 2. The van der Waals surface area contributed by atoms with E-state index in [4.69, 9.17) is 0 Å². The summed E-state index contributed by atoms with van der Waals surface area (Å²) >= 11 is 0. The van der Waals surface area contributed by atoms with Crippen LogP contribution in [0.25, 0.3) is 0 Å². The van der Waals surface area contributed by atoms with Crippen molar-refractivity contribution in [3.05, 3.63) is 0 Å². The number of rotatable bonds is 4. The van der Waals surface area contributed by atoms with Crippen molar-refractivity contribution in [3.63, 3.8) is 0 Å². The Hall–Kier alpha value is -0.770. The highest BCUT2D eigenvalue weighted by Crippen LogP contribution is 2.11. The Balaban J connectivity index is 2.49. The monoisotopic (exact) mass is 185 g/mol. The maximum Gasteiger partial charge on any atom is 0.320 e. The maximum atomic E-state index is 11.7. The van der Waals surface area contributed by atoms with E-state index in [-0.39, 0.29) is 6.03 Å². The number of nitrogens with one attached hydrogen (secondary N) is 1. The Bertz CT molecular complexity index is 184. The Morgan fingerprint density at radius 3 is 2.69 bits per heavy atom. The van der Waals surface area contributed by atoms with Crippen LogP contribution in [0.1, 0.15) is 13.8 Å². The largest absolute Gasteiger partial charge is 0.323 e. The number of likely N-dealkylation sites (N-methyl/N-ethyl adjacent to an activating group) is 2. The van der Waals surface area contributed by atoms with Crippen LogP contribution in [-0.4, -0.2) is 55.1 Å². The summed E-state index contributed by atoms with van der Waals surface area (Å²) in [6.45, 7) is 7.53. The third kappa shape index (κ3) is 2.12. The number of urea groups is 1. The van der Waals surface area contributed by atoms with Crippen LogP contribution in [0.2, 0.25) is 0 Å². The average molecular weight is 185 g/mol. The summed E-state index contributed by atoms with van der Waals surface area (Å²) in [7, 11) is 1.91. The van der Waals surface area contributed by atoms with Gasteiger partial charge < -0.3 is 15.1 Å². The quantitative estimate of drug-likeness (QED) is 0.686. The third-order valence-electron chi connectivity index (χ3n) is 2.54. The first-order valence-electron chi connectivity index (χ1n) is 4.90. The van der Waals surface area contributed by atoms with Crippen LogP contribution >= 0.6 is 0 Å². The molecule has 1 heterocycles. The minimum Gasteiger partial charge on any atom is -0.323 e. The van der Waals surface area contributed by atoms with Gasteiger partial charge in [-0.2, -0.15) is 0 Å². The van der Waals surface area contributed by atoms with E-state index in [1.165, 1.54) is 0 Å². The van der Waals surface area contributed by atoms with Gasteiger partial charge >= 0.3 is 6.03 Å². The Kier molecular flexibility index (Phi) is 3.54. The molecular formula is C9H19N3O. The lowest BCUT2D eigenvalue weighted by atomic mass is 10.3. The number of hydrogen-bond donors (Lipinski definition) is 1. The molecule has 0 radical (unpaired) electrons. The molecule has 0 aromatic rings. The van der Waals surface area contributed by atoms with Gasteiger partial charge in [0.25, 0.3) is 0 Å². The van der Waals surface area contributed by atoms with Crippen LogP contribution < -0.4 is 5.32 Å². The van der Waals surface area contributed by atoms with Crippen LogP contribution in [0.3, 0.4) is 0 Å². The lowest BCUT2D eigenvalue weighted by Crippen LogP contribution is -2.42. The second-order valence-corrected chi connectivity index (χ2v) is 3.46. The summed E-state index contributed by atoms with van der Waals surface area (Å²) in [5, 5.41) is 3.09. The zero-order valence-corrected chi connectivity index (χ0v) is 8.71. The molecule has 0 aromatic heterocycles. The molecule has 0 spiro atoms. The average Bonchev–Trinajstić information content (AvgIpc) is 2.47. The fraction of sp³-hybridized carbons (Fsp3) is 0.889. The molecular weight excluding hydrogens is 166 g/mol. The predicted octanol–water partition coefficient (Wildman–Crippen LogP) is 0.352. The van der Waals surface area contributed by atoms with Gasteiger partial charge in [-0.15, -0.1) is 0 Å². The summed E-state index contributed by atoms with van der Waals surface area (Å²) in [5.74, 6) is 0. The molecule has 0 saturated carbocycles. The topological polar surface area (TPSA) is 35.6 Å². The van der Waals surface area contributed by atoms with E-state index in [2.05, 4.69) is 12.2 Å². The highest BCUT2D eigenvalue weighted by molar-refractivity contribution is 5.76. The maximum absolute atomic E-state index is 11.7. The van der Waals surface area contributed by atoms with E-state index in [1.807, 2.05) is 23.8 Å². The fourth-order valence-corrected chi connectivity index (χ4v) is 1.71. The van der Waals surface area contributed by atoms with Gasteiger partial charge in [-0.05, 0) is 20.9 Å². The van der Waals surface area contributed by atoms with Gasteiger partial charge in [-0.3, -0.25) is 0 Å². The third-order valence-corrected chi connectivity index (χ3v) is 2.54. The molecule has 1 saturated heterocycles. The molecule has 1 aliphatic heterocycles. The SMILES string of the molecule is CCN1CCN(C(C)CNC)C1=O. The van der Waals surface area contributed by atoms with Crippen molar-refractivity contribution in [2.24, 2.45) is 0 Å². The summed E-state index contributed by atoms with van der Waals surface area (Å²) in [5.41, 5.74) is 0. The normalized spacial score (nSPS) is 19.8. The summed E-state index contributed by atoms with van der Waals surface area (Å²) < 4.78 is 0. The molecule has 1 atom stereocenters. The molecule has 0 bridgehead atoms. The number of carbonyl (C=O) groups is 1. The summed E-state index contributed by atoms with van der Waals surface area (Å²) in [4.78, 5) is 15.5. The van der Waals surface area contributed by atoms with Crippen LogP contribution in [0.15, 0.2) is 0 Å². The van der Waals surface area contributed by atoms with Gasteiger partial charge in [-0.25, -0.2) is 4.79 Å². The molecule has 13 heavy (non-hydrogen) atoms.